The Hall–Kier alpha value is -0.340. The fraction of sp³-hybridized carbons (Fsp3) is 0.750. The molecule has 0 aromatic rings. The SMILES string of the molecule is C=C1CC[C@@H]2OCOC[C@@H]12. The van der Waals surface area contributed by atoms with Gasteiger partial charge in [0.1, 0.15) is 6.79 Å². The summed E-state index contributed by atoms with van der Waals surface area (Å²) in [6.07, 6.45) is 2.69. The van der Waals surface area contributed by atoms with E-state index in [0.717, 1.165) is 19.4 Å². The number of fused-ring (bicyclic) bond motifs is 1. The van der Waals surface area contributed by atoms with Crippen molar-refractivity contribution in [3.05, 3.63) is 12.2 Å². The molecule has 2 rings (SSSR count). The van der Waals surface area contributed by atoms with Crippen LogP contribution in [-0.4, -0.2) is 19.5 Å². The Kier molecular flexibility index (Phi) is 1.51. The fourth-order valence-electron chi connectivity index (χ4n) is 1.71. The largest absolute Gasteiger partial charge is 0.355 e. The van der Waals surface area contributed by atoms with Crippen LogP contribution in [0.15, 0.2) is 12.2 Å². The molecule has 1 heterocycles. The Morgan fingerprint density at radius 2 is 2.40 bits per heavy atom. The molecular weight excluding hydrogens is 128 g/mol. The summed E-state index contributed by atoms with van der Waals surface area (Å²) in [5.41, 5.74) is 1.31. The normalized spacial score (nSPS) is 39.8. The lowest BCUT2D eigenvalue weighted by Crippen LogP contribution is -2.30. The van der Waals surface area contributed by atoms with Crippen molar-refractivity contribution in [3.8, 4) is 0 Å². The third-order valence-electron chi connectivity index (χ3n) is 2.39. The average molecular weight is 140 g/mol. The van der Waals surface area contributed by atoms with Crippen LogP contribution in [0.25, 0.3) is 0 Å². The molecule has 2 aliphatic rings. The van der Waals surface area contributed by atoms with Crippen LogP contribution in [0.3, 0.4) is 0 Å². The molecule has 0 spiro atoms. The van der Waals surface area contributed by atoms with Crippen molar-refractivity contribution in [2.24, 2.45) is 5.92 Å². The molecule has 1 saturated carbocycles. The van der Waals surface area contributed by atoms with Gasteiger partial charge in [0.15, 0.2) is 0 Å². The zero-order chi connectivity index (χ0) is 6.97. The van der Waals surface area contributed by atoms with Crippen LogP contribution in [-0.2, 0) is 9.47 Å². The number of hydrogen-bond acceptors (Lipinski definition) is 2. The summed E-state index contributed by atoms with van der Waals surface area (Å²) in [7, 11) is 0. The predicted octanol–water partition coefficient (Wildman–Crippen LogP) is 1.33. The fourth-order valence-corrected chi connectivity index (χ4v) is 1.71. The molecule has 2 nitrogen and oxygen atoms in total. The smallest absolute Gasteiger partial charge is 0.147 e. The first-order valence-electron chi connectivity index (χ1n) is 3.75. The zero-order valence-corrected chi connectivity index (χ0v) is 6.01. The Morgan fingerprint density at radius 3 is 3.20 bits per heavy atom. The van der Waals surface area contributed by atoms with Gasteiger partial charge in [-0.25, -0.2) is 0 Å². The maximum Gasteiger partial charge on any atom is 0.147 e. The number of rotatable bonds is 0. The molecule has 0 unspecified atom stereocenters. The maximum atomic E-state index is 5.39. The molecular formula is C8H12O2. The minimum absolute atomic E-state index is 0.418. The van der Waals surface area contributed by atoms with Crippen LogP contribution in [0.5, 0.6) is 0 Å². The first-order valence-corrected chi connectivity index (χ1v) is 3.75. The molecule has 0 aromatic carbocycles. The van der Waals surface area contributed by atoms with E-state index in [1.54, 1.807) is 0 Å². The zero-order valence-electron chi connectivity index (χ0n) is 6.01. The lowest BCUT2D eigenvalue weighted by Gasteiger charge is -2.25. The Labute approximate surface area is 60.8 Å². The van der Waals surface area contributed by atoms with Crippen molar-refractivity contribution in [1.29, 1.82) is 0 Å². The van der Waals surface area contributed by atoms with Crippen molar-refractivity contribution in [3.63, 3.8) is 0 Å². The highest BCUT2D eigenvalue weighted by Crippen LogP contribution is 2.34. The highest BCUT2D eigenvalue weighted by molar-refractivity contribution is 5.10. The van der Waals surface area contributed by atoms with E-state index < -0.39 is 0 Å². The summed E-state index contributed by atoms with van der Waals surface area (Å²) in [5, 5.41) is 0. The van der Waals surface area contributed by atoms with Crippen LogP contribution >= 0.6 is 0 Å². The maximum absolute atomic E-state index is 5.39. The molecule has 0 aromatic heterocycles. The Morgan fingerprint density at radius 1 is 1.50 bits per heavy atom. The van der Waals surface area contributed by atoms with Gasteiger partial charge in [-0.15, -0.1) is 0 Å². The highest BCUT2D eigenvalue weighted by atomic mass is 16.7. The van der Waals surface area contributed by atoms with Gasteiger partial charge in [-0.05, 0) is 12.8 Å². The third kappa shape index (κ3) is 0.879. The van der Waals surface area contributed by atoms with Gasteiger partial charge in [0.2, 0.25) is 0 Å². The predicted molar refractivity (Wildman–Crippen MR) is 37.6 cm³/mol. The molecule has 2 heteroatoms. The summed E-state index contributed by atoms with van der Waals surface area (Å²) < 4.78 is 10.6. The molecule has 2 fully saturated rings. The molecule has 1 aliphatic heterocycles. The lowest BCUT2D eigenvalue weighted by atomic mass is 10.0. The van der Waals surface area contributed by atoms with Crippen molar-refractivity contribution < 1.29 is 9.47 Å². The van der Waals surface area contributed by atoms with Crippen molar-refractivity contribution in [2.45, 2.75) is 18.9 Å². The molecule has 0 amide bonds. The second kappa shape index (κ2) is 2.36. The van der Waals surface area contributed by atoms with Crippen LogP contribution < -0.4 is 0 Å². The van der Waals surface area contributed by atoms with Crippen LogP contribution in [0.4, 0.5) is 0 Å². The lowest BCUT2D eigenvalue weighted by molar-refractivity contribution is -0.154. The first-order chi connectivity index (χ1) is 4.88. The quantitative estimate of drug-likeness (QED) is 0.472. The van der Waals surface area contributed by atoms with E-state index in [9.17, 15) is 0 Å². The van der Waals surface area contributed by atoms with Crippen molar-refractivity contribution in [2.75, 3.05) is 13.4 Å². The summed E-state index contributed by atoms with van der Waals surface area (Å²) in [6, 6.07) is 0. The van der Waals surface area contributed by atoms with Crippen molar-refractivity contribution in [1.82, 2.24) is 0 Å². The second-order valence-corrected chi connectivity index (χ2v) is 3.00. The van der Waals surface area contributed by atoms with E-state index in [2.05, 4.69) is 6.58 Å². The topological polar surface area (TPSA) is 18.5 Å². The summed E-state index contributed by atoms with van der Waals surface area (Å²) in [4.78, 5) is 0. The van der Waals surface area contributed by atoms with Gasteiger partial charge in [-0.2, -0.15) is 0 Å². The third-order valence-corrected chi connectivity index (χ3v) is 2.39. The Balaban J connectivity index is 2.08. The Bertz CT molecular complexity index is 153. The van der Waals surface area contributed by atoms with E-state index in [0.29, 0.717) is 18.8 Å². The van der Waals surface area contributed by atoms with Gasteiger partial charge in [0.25, 0.3) is 0 Å². The number of hydrogen-bond donors (Lipinski definition) is 0. The van der Waals surface area contributed by atoms with E-state index in [-0.39, 0.29) is 0 Å². The van der Waals surface area contributed by atoms with E-state index in [1.165, 1.54) is 5.57 Å². The van der Waals surface area contributed by atoms with E-state index in [1.807, 2.05) is 0 Å². The van der Waals surface area contributed by atoms with Crippen LogP contribution in [0.1, 0.15) is 12.8 Å². The van der Waals surface area contributed by atoms with Gasteiger partial charge < -0.3 is 9.47 Å². The summed E-state index contributed by atoms with van der Waals surface area (Å²) in [5.74, 6) is 0.494. The standard InChI is InChI=1S/C8H12O2/c1-6-2-3-8-7(6)4-9-5-10-8/h7-8H,1-5H2/t7-,8-/m0/s1. The molecule has 0 bridgehead atoms. The molecule has 0 N–H and O–H groups in total. The molecule has 10 heavy (non-hydrogen) atoms. The summed E-state index contributed by atoms with van der Waals surface area (Å²) in [6.45, 7) is 5.28. The van der Waals surface area contributed by atoms with Gasteiger partial charge in [-0.1, -0.05) is 12.2 Å². The molecule has 56 valence electrons. The van der Waals surface area contributed by atoms with Gasteiger partial charge in [0.05, 0.1) is 12.7 Å². The van der Waals surface area contributed by atoms with Gasteiger partial charge in [0, 0.05) is 5.92 Å². The number of ether oxygens (including phenoxy) is 2. The molecule has 1 aliphatic carbocycles. The first kappa shape index (κ1) is 6.38. The van der Waals surface area contributed by atoms with E-state index in [4.69, 9.17) is 9.47 Å². The van der Waals surface area contributed by atoms with Gasteiger partial charge in [-0.3, -0.25) is 0 Å². The second-order valence-electron chi connectivity index (χ2n) is 3.00. The van der Waals surface area contributed by atoms with E-state index >= 15 is 0 Å². The van der Waals surface area contributed by atoms with Gasteiger partial charge >= 0.3 is 0 Å². The highest BCUT2D eigenvalue weighted by Gasteiger charge is 2.33. The van der Waals surface area contributed by atoms with Crippen LogP contribution in [0.2, 0.25) is 0 Å². The molecule has 1 saturated heterocycles. The van der Waals surface area contributed by atoms with Crippen molar-refractivity contribution >= 4 is 0 Å². The average Bonchev–Trinajstić information content (AvgIpc) is 2.34. The monoisotopic (exact) mass is 140 g/mol. The minimum Gasteiger partial charge on any atom is -0.355 e. The molecule has 0 radical (unpaired) electrons. The van der Waals surface area contributed by atoms with Crippen LogP contribution in [0, 0.1) is 5.92 Å². The summed E-state index contributed by atoms with van der Waals surface area (Å²) >= 11 is 0. The minimum atomic E-state index is 0.418. The molecule has 2 atom stereocenters.